The quantitative estimate of drug-likeness (QED) is 0.870. The first kappa shape index (κ1) is 17.4. The third kappa shape index (κ3) is 5.00. The predicted molar refractivity (Wildman–Crippen MR) is 75.3 cm³/mol. The molecule has 1 N–H and O–H groups in total. The molecule has 0 saturated carbocycles. The van der Waals surface area contributed by atoms with Crippen molar-refractivity contribution in [3.8, 4) is 5.75 Å². The van der Waals surface area contributed by atoms with Crippen molar-refractivity contribution >= 4 is 10.0 Å². The number of para-hydroxylation sites is 1. The van der Waals surface area contributed by atoms with E-state index in [0.29, 0.717) is 5.76 Å². The normalized spacial score (nSPS) is 13.7. The third-order valence-electron chi connectivity index (χ3n) is 2.81. The molecule has 23 heavy (non-hydrogen) atoms. The molecule has 0 radical (unpaired) electrons. The third-order valence-corrected chi connectivity index (χ3v) is 4.44. The second-order valence-corrected chi connectivity index (χ2v) is 6.48. The Kier molecular flexibility index (Phi) is 5.00. The number of halogens is 3. The van der Waals surface area contributed by atoms with E-state index in [1.54, 1.807) is 19.1 Å². The molecular formula is C14H14F3NO4S. The molecule has 0 aliphatic rings. The molecule has 1 heterocycles. The molecule has 0 fully saturated rings. The monoisotopic (exact) mass is 349 g/mol. The number of hydrogen-bond donors (Lipinski definition) is 1. The van der Waals surface area contributed by atoms with E-state index in [2.05, 4.69) is 9.46 Å². The maximum absolute atomic E-state index is 12.4. The Balaban J connectivity index is 2.19. The molecule has 0 bridgehead atoms. The molecule has 1 atom stereocenters. The van der Waals surface area contributed by atoms with E-state index < -0.39 is 33.1 Å². The Labute approximate surface area is 131 Å². The smallest absolute Gasteiger partial charge is 0.469 e. The summed E-state index contributed by atoms with van der Waals surface area (Å²) in [5, 5.41) is 0. The molecule has 5 nitrogen and oxygen atoms in total. The molecule has 1 aromatic heterocycles. The zero-order chi connectivity index (χ0) is 17.1. The predicted octanol–water partition coefficient (Wildman–Crippen LogP) is 3.09. The highest BCUT2D eigenvalue weighted by atomic mass is 32.2. The van der Waals surface area contributed by atoms with Crippen LogP contribution in [0.1, 0.15) is 12.7 Å². The van der Waals surface area contributed by atoms with Crippen LogP contribution in [0, 0.1) is 0 Å². The van der Waals surface area contributed by atoms with Crippen molar-refractivity contribution in [2.45, 2.75) is 30.6 Å². The minimum atomic E-state index is -4.98. The van der Waals surface area contributed by atoms with Crippen molar-refractivity contribution < 1.29 is 30.7 Å². The summed E-state index contributed by atoms with van der Waals surface area (Å²) in [4.78, 5) is -0.580. The van der Waals surface area contributed by atoms with Crippen LogP contribution < -0.4 is 9.46 Å². The van der Waals surface area contributed by atoms with Gasteiger partial charge in [-0.15, -0.1) is 13.2 Å². The molecule has 0 unspecified atom stereocenters. The van der Waals surface area contributed by atoms with Gasteiger partial charge in [0.2, 0.25) is 10.0 Å². The van der Waals surface area contributed by atoms with Crippen molar-refractivity contribution in [3.63, 3.8) is 0 Å². The lowest BCUT2D eigenvalue weighted by Gasteiger charge is -2.16. The number of alkyl halides is 3. The minimum Gasteiger partial charge on any atom is -0.469 e. The lowest BCUT2D eigenvalue weighted by atomic mass is 10.2. The molecule has 9 heteroatoms. The highest BCUT2D eigenvalue weighted by molar-refractivity contribution is 7.89. The molecule has 0 aliphatic carbocycles. The van der Waals surface area contributed by atoms with Crippen molar-refractivity contribution in [2.75, 3.05) is 0 Å². The van der Waals surface area contributed by atoms with E-state index in [4.69, 9.17) is 4.42 Å². The van der Waals surface area contributed by atoms with Gasteiger partial charge in [0.15, 0.2) is 0 Å². The van der Waals surface area contributed by atoms with Crippen molar-refractivity contribution in [3.05, 3.63) is 48.4 Å². The van der Waals surface area contributed by atoms with Crippen LogP contribution in [-0.2, 0) is 16.4 Å². The Morgan fingerprint density at radius 2 is 1.91 bits per heavy atom. The maximum atomic E-state index is 12.4. The van der Waals surface area contributed by atoms with E-state index in [1.165, 1.54) is 18.4 Å². The Morgan fingerprint density at radius 1 is 1.22 bits per heavy atom. The van der Waals surface area contributed by atoms with Gasteiger partial charge < -0.3 is 9.15 Å². The Morgan fingerprint density at radius 3 is 2.52 bits per heavy atom. The van der Waals surface area contributed by atoms with Gasteiger partial charge in [-0.25, -0.2) is 13.1 Å². The van der Waals surface area contributed by atoms with E-state index >= 15 is 0 Å². The van der Waals surface area contributed by atoms with Crippen LogP contribution in [0.15, 0.2) is 52.0 Å². The Bertz CT molecular complexity index is 742. The van der Waals surface area contributed by atoms with Crippen molar-refractivity contribution in [1.82, 2.24) is 4.72 Å². The fraction of sp³-hybridized carbons (Fsp3) is 0.286. The first-order chi connectivity index (χ1) is 10.7. The number of sulfonamides is 1. The summed E-state index contributed by atoms with van der Waals surface area (Å²) < 4.78 is 72.9. The Hall–Kier alpha value is -2.00. The summed E-state index contributed by atoms with van der Waals surface area (Å²) in [6.07, 6.45) is -3.27. The van der Waals surface area contributed by atoms with Crippen LogP contribution in [0.3, 0.4) is 0 Å². The van der Waals surface area contributed by atoms with Gasteiger partial charge in [0.05, 0.1) is 6.26 Å². The second-order valence-electron chi connectivity index (χ2n) is 4.80. The fourth-order valence-corrected chi connectivity index (χ4v) is 3.35. The fourth-order valence-electron chi connectivity index (χ4n) is 1.98. The number of rotatable bonds is 6. The zero-order valence-electron chi connectivity index (χ0n) is 12.0. The molecule has 0 aliphatic heterocycles. The van der Waals surface area contributed by atoms with Gasteiger partial charge in [-0.05, 0) is 31.2 Å². The lowest BCUT2D eigenvalue weighted by molar-refractivity contribution is -0.275. The molecule has 0 amide bonds. The summed E-state index contributed by atoms with van der Waals surface area (Å²) in [7, 11) is -4.18. The van der Waals surface area contributed by atoms with Crippen LogP contribution in [0.25, 0.3) is 0 Å². The highest BCUT2D eigenvalue weighted by Gasteiger charge is 2.34. The van der Waals surface area contributed by atoms with Crippen molar-refractivity contribution in [2.24, 2.45) is 0 Å². The molecule has 2 aromatic rings. The van der Waals surface area contributed by atoms with Gasteiger partial charge in [-0.2, -0.15) is 0 Å². The molecule has 1 aromatic carbocycles. The molecule has 0 spiro atoms. The van der Waals surface area contributed by atoms with E-state index in [1.807, 2.05) is 0 Å². The SMILES string of the molecule is C[C@@H](Cc1ccco1)NS(=O)(=O)c1ccccc1OC(F)(F)F. The van der Waals surface area contributed by atoms with Gasteiger partial charge >= 0.3 is 6.36 Å². The summed E-state index contributed by atoms with van der Waals surface area (Å²) in [6, 6.07) is 7.31. The minimum absolute atomic E-state index is 0.258. The highest BCUT2D eigenvalue weighted by Crippen LogP contribution is 2.29. The summed E-state index contributed by atoms with van der Waals surface area (Å²) >= 11 is 0. The number of nitrogens with one attached hydrogen (secondary N) is 1. The number of furan rings is 1. The zero-order valence-corrected chi connectivity index (χ0v) is 12.8. The first-order valence-corrected chi connectivity index (χ1v) is 8.05. The second kappa shape index (κ2) is 6.63. The standard InChI is InChI=1S/C14H14F3NO4S/c1-10(9-11-5-4-8-21-11)18-23(19,20)13-7-3-2-6-12(13)22-14(15,16)17/h2-8,10,18H,9H2,1H3/t10-/m0/s1. The average molecular weight is 349 g/mol. The van der Waals surface area contributed by atoms with Crippen LogP contribution in [-0.4, -0.2) is 20.8 Å². The summed E-state index contributed by atoms with van der Waals surface area (Å²) in [5.41, 5.74) is 0. The van der Waals surface area contributed by atoms with E-state index in [-0.39, 0.29) is 6.42 Å². The molecule has 2 rings (SSSR count). The first-order valence-electron chi connectivity index (χ1n) is 6.57. The molecular weight excluding hydrogens is 335 g/mol. The number of ether oxygens (including phenoxy) is 1. The van der Waals surface area contributed by atoms with Gasteiger partial charge in [-0.3, -0.25) is 0 Å². The van der Waals surface area contributed by atoms with Crippen LogP contribution in [0.4, 0.5) is 13.2 Å². The topological polar surface area (TPSA) is 68.5 Å². The lowest BCUT2D eigenvalue weighted by Crippen LogP contribution is -2.34. The summed E-state index contributed by atoms with van der Waals surface area (Å²) in [5.74, 6) is -0.224. The van der Waals surface area contributed by atoms with Crippen molar-refractivity contribution in [1.29, 1.82) is 0 Å². The average Bonchev–Trinajstić information content (AvgIpc) is 2.89. The number of hydrogen-bond acceptors (Lipinski definition) is 4. The molecule has 0 saturated heterocycles. The number of benzene rings is 1. The van der Waals surface area contributed by atoms with E-state index in [0.717, 1.165) is 12.1 Å². The van der Waals surface area contributed by atoms with Crippen LogP contribution in [0.5, 0.6) is 5.75 Å². The van der Waals surface area contributed by atoms with E-state index in [9.17, 15) is 21.6 Å². The molecule has 126 valence electrons. The maximum Gasteiger partial charge on any atom is 0.573 e. The van der Waals surface area contributed by atoms with Crippen LogP contribution >= 0.6 is 0 Å². The van der Waals surface area contributed by atoms with Gasteiger partial charge in [0.25, 0.3) is 0 Å². The summed E-state index contributed by atoms with van der Waals surface area (Å²) in [6.45, 7) is 1.58. The van der Waals surface area contributed by atoms with Gasteiger partial charge in [0, 0.05) is 12.5 Å². The van der Waals surface area contributed by atoms with Gasteiger partial charge in [-0.1, -0.05) is 12.1 Å². The van der Waals surface area contributed by atoms with Gasteiger partial charge in [0.1, 0.15) is 16.4 Å². The van der Waals surface area contributed by atoms with Crippen LogP contribution in [0.2, 0.25) is 0 Å². The largest absolute Gasteiger partial charge is 0.573 e.